The van der Waals surface area contributed by atoms with Crippen LogP contribution in [0, 0.1) is 46.9 Å². The summed E-state index contributed by atoms with van der Waals surface area (Å²) in [4.78, 5) is 0. The van der Waals surface area contributed by atoms with Gasteiger partial charge in [0.05, 0.1) is 0 Å². The molecule has 0 aromatic heterocycles. The van der Waals surface area contributed by atoms with Crippen molar-refractivity contribution in [3.8, 4) is 0 Å². The van der Waals surface area contributed by atoms with Gasteiger partial charge in [0.2, 0.25) is 0 Å². The number of hydrogen-bond acceptors (Lipinski definition) is 0. The largest absolute Gasteiger partial charge is 0.165 e. The summed E-state index contributed by atoms with van der Waals surface area (Å²) in [5.41, 5.74) is 1.35. The van der Waals surface area contributed by atoms with Gasteiger partial charge in [-0.2, -0.15) is 6.07 Å². The first-order valence-corrected chi connectivity index (χ1v) is 3.48. The summed E-state index contributed by atoms with van der Waals surface area (Å²) < 4.78 is 0. The zero-order valence-corrected chi connectivity index (χ0v) is 8.59. The second kappa shape index (κ2) is 3.71. The van der Waals surface area contributed by atoms with Crippen LogP contribution in [0.2, 0.25) is 0 Å². The van der Waals surface area contributed by atoms with E-state index in [1.54, 1.807) is 0 Å². The number of fused-ring (bicyclic) bond motifs is 1. The fraction of sp³-hybridized carbons (Fsp3) is 0.100. The molecule has 0 aliphatic heterocycles. The van der Waals surface area contributed by atoms with Crippen LogP contribution in [0.3, 0.4) is 0 Å². The first-order chi connectivity index (χ1) is 4.86. The third-order valence-electron chi connectivity index (χ3n) is 1.76. The third-order valence-corrected chi connectivity index (χ3v) is 1.76. The molecule has 0 saturated heterocycles. The summed E-state index contributed by atoms with van der Waals surface area (Å²) in [7, 11) is 0. The minimum absolute atomic E-state index is 0. The monoisotopic (exact) mass is 287 g/mol. The Morgan fingerprint density at radius 3 is 2.64 bits per heavy atom. The molecule has 11 heavy (non-hydrogen) atoms. The molecule has 0 N–H and O–H groups in total. The van der Waals surface area contributed by atoms with Gasteiger partial charge in [-0.15, -0.1) is 40.6 Å². The first kappa shape index (κ1) is 9.24. The van der Waals surface area contributed by atoms with E-state index in [2.05, 4.69) is 43.3 Å². The Kier molecular flexibility index (Phi) is 3.11. The SMILES string of the molecule is Cc1cc2ccccc2[cH-]1.[Gd]. The molecule has 1 heteroatoms. The van der Waals surface area contributed by atoms with Gasteiger partial charge < -0.3 is 0 Å². The zero-order valence-electron chi connectivity index (χ0n) is 6.32. The Morgan fingerprint density at radius 2 is 1.91 bits per heavy atom. The molecule has 0 saturated carbocycles. The van der Waals surface area contributed by atoms with Crippen molar-refractivity contribution in [3.63, 3.8) is 0 Å². The molecule has 2 aromatic rings. The molecule has 0 radical (unpaired) electrons. The predicted octanol–water partition coefficient (Wildman–Crippen LogP) is 2.87. The summed E-state index contributed by atoms with van der Waals surface area (Å²) in [6, 6.07) is 12.8. The van der Waals surface area contributed by atoms with Crippen LogP contribution in [0.1, 0.15) is 5.56 Å². The normalized spacial score (nSPS) is 9.55. The van der Waals surface area contributed by atoms with Gasteiger partial charge in [0, 0.05) is 39.9 Å². The Morgan fingerprint density at radius 1 is 1.18 bits per heavy atom. The van der Waals surface area contributed by atoms with Crippen LogP contribution in [0.5, 0.6) is 0 Å². The van der Waals surface area contributed by atoms with Crippen LogP contribution in [-0.4, -0.2) is 0 Å². The van der Waals surface area contributed by atoms with Crippen molar-refractivity contribution >= 4 is 10.8 Å². The van der Waals surface area contributed by atoms with E-state index >= 15 is 0 Å². The maximum atomic E-state index is 2.20. The van der Waals surface area contributed by atoms with Crippen molar-refractivity contribution in [2.45, 2.75) is 6.92 Å². The van der Waals surface area contributed by atoms with Crippen LogP contribution >= 0.6 is 0 Å². The van der Waals surface area contributed by atoms with E-state index in [4.69, 9.17) is 0 Å². The van der Waals surface area contributed by atoms with Crippen LogP contribution in [-0.2, 0) is 0 Å². The molecule has 0 unspecified atom stereocenters. The van der Waals surface area contributed by atoms with Gasteiger partial charge >= 0.3 is 0 Å². The van der Waals surface area contributed by atoms with Crippen LogP contribution < -0.4 is 0 Å². The van der Waals surface area contributed by atoms with Gasteiger partial charge in [0.1, 0.15) is 0 Å². The maximum absolute atomic E-state index is 2.20. The fourth-order valence-electron chi connectivity index (χ4n) is 1.31. The summed E-state index contributed by atoms with van der Waals surface area (Å²) in [6.07, 6.45) is 0. The van der Waals surface area contributed by atoms with Crippen molar-refractivity contribution < 1.29 is 39.9 Å². The smallest absolute Gasteiger partial charge is 0 e. The van der Waals surface area contributed by atoms with E-state index in [0.29, 0.717) is 0 Å². The molecular formula is C10H9Gd-. The molecule has 0 amide bonds. The molecule has 2 rings (SSSR count). The second-order valence-electron chi connectivity index (χ2n) is 2.66. The van der Waals surface area contributed by atoms with Crippen molar-refractivity contribution in [1.82, 2.24) is 0 Å². The Labute approximate surface area is 98.7 Å². The number of benzene rings is 1. The number of rotatable bonds is 0. The van der Waals surface area contributed by atoms with Gasteiger partial charge in [-0.1, -0.05) is 13.0 Å². The Bertz CT molecular complexity index is 313. The number of aryl methyl sites for hydroxylation is 1. The average molecular weight is 286 g/mol. The van der Waals surface area contributed by atoms with Crippen molar-refractivity contribution in [1.29, 1.82) is 0 Å². The molecule has 0 aliphatic rings. The van der Waals surface area contributed by atoms with E-state index in [1.165, 1.54) is 16.3 Å². The van der Waals surface area contributed by atoms with Crippen molar-refractivity contribution in [3.05, 3.63) is 42.0 Å². The molecule has 0 nitrogen and oxygen atoms in total. The molecule has 0 fully saturated rings. The minimum atomic E-state index is 0. The molecule has 2 aromatic carbocycles. The standard InChI is InChI=1S/C10H9.Gd/c1-8-6-9-4-2-3-5-10(9)7-8;/h2-7H,1H3;/q-1;. The summed E-state index contributed by atoms with van der Waals surface area (Å²) in [5, 5.41) is 2.69. The molecule has 0 atom stereocenters. The average Bonchev–Trinajstić information content (AvgIpc) is 2.27. The molecule has 0 bridgehead atoms. The Hall–Kier alpha value is 0.155. The minimum Gasteiger partial charge on any atom is -0.165 e. The van der Waals surface area contributed by atoms with E-state index in [-0.39, 0.29) is 39.9 Å². The van der Waals surface area contributed by atoms with E-state index in [0.717, 1.165) is 0 Å². The summed E-state index contributed by atoms with van der Waals surface area (Å²) in [5.74, 6) is 0. The Balaban J connectivity index is 0.000000605. The predicted molar refractivity (Wildman–Crippen MR) is 44.3 cm³/mol. The third kappa shape index (κ3) is 1.84. The van der Waals surface area contributed by atoms with Gasteiger partial charge in [-0.05, 0) is 0 Å². The molecule has 58 valence electrons. The van der Waals surface area contributed by atoms with Crippen LogP contribution in [0.15, 0.2) is 36.4 Å². The fourth-order valence-corrected chi connectivity index (χ4v) is 1.31. The van der Waals surface area contributed by atoms with E-state index in [1.807, 2.05) is 0 Å². The van der Waals surface area contributed by atoms with Gasteiger partial charge in [-0.3, -0.25) is 0 Å². The zero-order chi connectivity index (χ0) is 6.97. The van der Waals surface area contributed by atoms with Crippen LogP contribution in [0.4, 0.5) is 0 Å². The quantitative estimate of drug-likeness (QED) is 0.653. The van der Waals surface area contributed by atoms with E-state index < -0.39 is 0 Å². The van der Waals surface area contributed by atoms with Crippen molar-refractivity contribution in [2.24, 2.45) is 0 Å². The van der Waals surface area contributed by atoms with Gasteiger partial charge in [0.25, 0.3) is 0 Å². The summed E-state index contributed by atoms with van der Waals surface area (Å²) >= 11 is 0. The molecule has 0 aliphatic carbocycles. The first-order valence-electron chi connectivity index (χ1n) is 3.48. The maximum Gasteiger partial charge on any atom is 0 e. The summed E-state index contributed by atoms with van der Waals surface area (Å²) in [6.45, 7) is 2.12. The molecule has 0 spiro atoms. The van der Waals surface area contributed by atoms with Crippen LogP contribution in [0.25, 0.3) is 10.8 Å². The van der Waals surface area contributed by atoms with Gasteiger partial charge in [0.15, 0.2) is 0 Å². The van der Waals surface area contributed by atoms with E-state index in [9.17, 15) is 0 Å². The number of hydrogen-bond donors (Lipinski definition) is 0. The van der Waals surface area contributed by atoms with Crippen molar-refractivity contribution in [2.75, 3.05) is 0 Å². The van der Waals surface area contributed by atoms with Gasteiger partial charge in [-0.25, -0.2) is 0 Å². The molecule has 0 heterocycles. The molecular weight excluding hydrogens is 277 g/mol. The second-order valence-corrected chi connectivity index (χ2v) is 2.66. The topological polar surface area (TPSA) is 0 Å².